The van der Waals surface area contributed by atoms with Crippen molar-refractivity contribution >= 4 is 5.97 Å². The summed E-state index contributed by atoms with van der Waals surface area (Å²) in [5.41, 5.74) is 2.71. The molecule has 1 aliphatic carbocycles. The average Bonchev–Trinajstić information content (AvgIpc) is 2.54. The van der Waals surface area contributed by atoms with Gasteiger partial charge in [-0.3, -0.25) is 0 Å². The number of aliphatic hydroxyl groups is 1. The summed E-state index contributed by atoms with van der Waals surface area (Å²) in [6, 6.07) is 6.03. The van der Waals surface area contributed by atoms with Gasteiger partial charge in [-0.05, 0) is 56.9 Å². The second-order valence-corrected chi connectivity index (χ2v) is 7.61. The van der Waals surface area contributed by atoms with E-state index in [-0.39, 0.29) is 17.6 Å². The Hall–Kier alpha value is -2.07. The molecule has 0 bridgehead atoms. The molecule has 0 heterocycles. The number of ether oxygens (including phenoxy) is 1. The molecule has 0 amide bonds. The van der Waals surface area contributed by atoms with Crippen LogP contribution in [0, 0.1) is 11.8 Å². The fourth-order valence-corrected chi connectivity index (χ4v) is 3.54. The third-order valence-electron chi connectivity index (χ3n) is 4.96. The lowest BCUT2D eigenvalue weighted by atomic mass is 9.81. The predicted octanol–water partition coefficient (Wildman–Crippen LogP) is 4.63. The number of hydrogen-bond acceptors (Lipinski definition) is 4. The monoisotopic (exact) mass is 358 g/mol. The largest absolute Gasteiger partial charge is 0.508 e. The molecule has 2 N–H and O–H groups in total. The normalized spacial score (nSPS) is 28.6. The molecule has 2 rings (SSSR count). The molecule has 0 aromatic heterocycles. The molecule has 0 aliphatic heterocycles. The molecule has 4 nitrogen and oxygen atoms in total. The maximum atomic E-state index is 12.6. The fourth-order valence-electron chi connectivity index (χ4n) is 3.54. The molecule has 1 unspecified atom stereocenters. The first-order valence-electron chi connectivity index (χ1n) is 9.29. The summed E-state index contributed by atoms with van der Waals surface area (Å²) < 4.78 is 5.85. The molecule has 0 fully saturated rings. The molecule has 0 saturated carbocycles. The van der Waals surface area contributed by atoms with Gasteiger partial charge in [0, 0.05) is 12.3 Å². The fraction of sp³-hybridized carbons (Fsp3) is 0.500. The second kappa shape index (κ2) is 9.04. The first-order valence-corrected chi connectivity index (χ1v) is 9.29. The lowest BCUT2D eigenvalue weighted by Gasteiger charge is -2.33. The highest BCUT2D eigenvalue weighted by Gasteiger charge is 2.33. The van der Waals surface area contributed by atoms with E-state index in [4.69, 9.17) is 4.74 Å². The summed E-state index contributed by atoms with van der Waals surface area (Å²) in [7, 11) is 0. The van der Waals surface area contributed by atoms with E-state index in [9.17, 15) is 15.0 Å². The number of allylic oxidation sites excluding steroid dienone is 2. The van der Waals surface area contributed by atoms with Gasteiger partial charge in [0.2, 0.25) is 0 Å². The summed E-state index contributed by atoms with van der Waals surface area (Å²) in [5, 5.41) is 20.2. The highest BCUT2D eigenvalue weighted by Crippen LogP contribution is 2.30. The Morgan fingerprint density at radius 1 is 1.15 bits per heavy atom. The zero-order chi connectivity index (χ0) is 19.3. The number of carbonyl (C=O) groups is 1. The molecular formula is C22H30O4. The van der Waals surface area contributed by atoms with Crippen molar-refractivity contribution in [2.45, 2.75) is 59.2 Å². The zero-order valence-electron chi connectivity index (χ0n) is 16.1. The summed E-state index contributed by atoms with van der Waals surface area (Å²) >= 11 is 0. The van der Waals surface area contributed by atoms with Gasteiger partial charge >= 0.3 is 5.97 Å². The molecule has 0 radical (unpaired) electrons. The van der Waals surface area contributed by atoms with Crippen molar-refractivity contribution in [1.29, 1.82) is 0 Å². The van der Waals surface area contributed by atoms with Crippen molar-refractivity contribution in [3.05, 3.63) is 53.1 Å². The highest BCUT2D eigenvalue weighted by molar-refractivity contribution is 5.89. The van der Waals surface area contributed by atoms with Gasteiger partial charge in [0.25, 0.3) is 0 Å². The Labute approximate surface area is 156 Å². The Bertz CT molecular complexity index is 670. The molecule has 3 atom stereocenters. The minimum absolute atomic E-state index is 0.107. The van der Waals surface area contributed by atoms with Crippen LogP contribution in [0.15, 0.2) is 47.6 Å². The smallest absolute Gasteiger partial charge is 0.338 e. The van der Waals surface area contributed by atoms with Crippen molar-refractivity contribution in [3.63, 3.8) is 0 Å². The van der Waals surface area contributed by atoms with E-state index in [1.165, 1.54) is 17.7 Å². The van der Waals surface area contributed by atoms with Gasteiger partial charge in [-0.1, -0.05) is 37.1 Å². The van der Waals surface area contributed by atoms with Gasteiger partial charge in [0.05, 0.1) is 11.7 Å². The number of aliphatic hydroxyl groups excluding tert-OH is 1. The predicted molar refractivity (Wildman–Crippen MR) is 103 cm³/mol. The van der Waals surface area contributed by atoms with Crippen LogP contribution in [0.25, 0.3) is 0 Å². The molecule has 4 heteroatoms. The van der Waals surface area contributed by atoms with Crippen molar-refractivity contribution < 1.29 is 19.7 Å². The second-order valence-electron chi connectivity index (χ2n) is 7.61. The molecule has 0 spiro atoms. The van der Waals surface area contributed by atoms with Crippen LogP contribution < -0.4 is 0 Å². The van der Waals surface area contributed by atoms with E-state index in [0.717, 1.165) is 18.4 Å². The van der Waals surface area contributed by atoms with Crippen LogP contribution in [0.2, 0.25) is 0 Å². The standard InChI is InChI=1S/C22H30O4/c1-14(2)21-19(24)12-15(3)6-5-7-16(4)13-20(21)26-22(25)17-8-10-18(23)11-9-17/h7-12,14,19-21,23-24H,5-6,13H2,1-4H3/b15-12+,16-7+/t19-,20?,21-/m1/s1. The molecule has 142 valence electrons. The van der Waals surface area contributed by atoms with Crippen LogP contribution in [0.3, 0.4) is 0 Å². The third kappa shape index (κ3) is 5.46. The number of esters is 1. The Morgan fingerprint density at radius 3 is 2.42 bits per heavy atom. The van der Waals surface area contributed by atoms with Crippen molar-refractivity contribution in [2.24, 2.45) is 11.8 Å². The van der Waals surface area contributed by atoms with Crippen molar-refractivity contribution in [3.8, 4) is 5.75 Å². The lowest BCUT2D eigenvalue weighted by Crippen LogP contribution is -2.38. The maximum absolute atomic E-state index is 12.6. The van der Waals surface area contributed by atoms with Crippen LogP contribution in [0.1, 0.15) is 57.3 Å². The maximum Gasteiger partial charge on any atom is 0.338 e. The number of phenolic OH excluding ortho intramolecular Hbond substituents is 1. The summed E-state index contributed by atoms with van der Waals surface area (Å²) in [5.74, 6) is -0.361. The number of aromatic hydroxyl groups is 1. The summed E-state index contributed by atoms with van der Waals surface area (Å²) in [6.07, 6.45) is 5.48. The van der Waals surface area contributed by atoms with E-state index in [0.29, 0.717) is 12.0 Å². The van der Waals surface area contributed by atoms with Gasteiger partial charge in [-0.25, -0.2) is 4.79 Å². The number of carbonyl (C=O) groups excluding carboxylic acids is 1. The lowest BCUT2D eigenvalue weighted by molar-refractivity contribution is -0.0216. The Morgan fingerprint density at radius 2 is 1.81 bits per heavy atom. The molecule has 1 aromatic carbocycles. The first-order chi connectivity index (χ1) is 12.3. The van der Waals surface area contributed by atoms with Crippen molar-refractivity contribution in [2.75, 3.05) is 0 Å². The minimum Gasteiger partial charge on any atom is -0.508 e. The topological polar surface area (TPSA) is 66.8 Å². The molecular weight excluding hydrogens is 328 g/mol. The van der Waals surface area contributed by atoms with Gasteiger partial charge < -0.3 is 14.9 Å². The highest BCUT2D eigenvalue weighted by atomic mass is 16.5. The SMILES string of the molecule is C/C1=C\[C@@H](O)[C@@H](C(C)C)C(OC(=O)c2ccc(O)cc2)C/C(C)=C/CC1. The first kappa shape index (κ1) is 20.2. The van der Waals surface area contributed by atoms with Crippen LogP contribution in [-0.4, -0.2) is 28.4 Å². The third-order valence-corrected chi connectivity index (χ3v) is 4.96. The van der Waals surface area contributed by atoms with Gasteiger partial charge in [0.1, 0.15) is 11.9 Å². The van der Waals surface area contributed by atoms with E-state index >= 15 is 0 Å². The van der Waals surface area contributed by atoms with E-state index in [1.807, 2.05) is 33.8 Å². The molecule has 26 heavy (non-hydrogen) atoms. The quantitative estimate of drug-likeness (QED) is 0.611. The van der Waals surface area contributed by atoms with Crippen LogP contribution in [0.4, 0.5) is 0 Å². The van der Waals surface area contributed by atoms with Crippen LogP contribution in [-0.2, 0) is 4.74 Å². The van der Waals surface area contributed by atoms with Crippen LogP contribution >= 0.6 is 0 Å². The molecule has 0 saturated heterocycles. The van der Waals surface area contributed by atoms with Gasteiger partial charge in [-0.15, -0.1) is 0 Å². The van der Waals surface area contributed by atoms with Gasteiger partial charge in [0.15, 0.2) is 0 Å². The van der Waals surface area contributed by atoms with E-state index in [1.54, 1.807) is 12.1 Å². The Kier molecular flexibility index (Phi) is 7.04. The molecule has 1 aliphatic rings. The number of benzene rings is 1. The number of phenols is 1. The molecule has 1 aromatic rings. The van der Waals surface area contributed by atoms with Crippen LogP contribution in [0.5, 0.6) is 5.75 Å². The van der Waals surface area contributed by atoms with Gasteiger partial charge in [-0.2, -0.15) is 0 Å². The number of hydrogen-bond donors (Lipinski definition) is 2. The van der Waals surface area contributed by atoms with Crippen molar-refractivity contribution in [1.82, 2.24) is 0 Å². The van der Waals surface area contributed by atoms with E-state index in [2.05, 4.69) is 6.08 Å². The zero-order valence-corrected chi connectivity index (χ0v) is 16.1. The average molecular weight is 358 g/mol. The Balaban J connectivity index is 2.30. The minimum atomic E-state index is -0.654. The summed E-state index contributed by atoms with van der Waals surface area (Å²) in [4.78, 5) is 12.6. The van der Waals surface area contributed by atoms with E-state index < -0.39 is 18.2 Å². The number of rotatable bonds is 3. The summed E-state index contributed by atoms with van der Waals surface area (Å²) in [6.45, 7) is 8.17.